The van der Waals surface area contributed by atoms with E-state index in [4.69, 9.17) is 4.74 Å². The van der Waals surface area contributed by atoms with Crippen molar-refractivity contribution in [2.75, 3.05) is 13.2 Å². The van der Waals surface area contributed by atoms with Crippen molar-refractivity contribution in [2.24, 2.45) is 0 Å². The second-order valence-corrected chi connectivity index (χ2v) is 7.08. The quantitative estimate of drug-likeness (QED) is 0.757. The molecule has 1 fully saturated rings. The molecule has 3 rings (SSSR count). The summed E-state index contributed by atoms with van der Waals surface area (Å²) in [5.74, 6) is -0.710. The fourth-order valence-corrected chi connectivity index (χ4v) is 3.35. The third-order valence-corrected chi connectivity index (χ3v) is 4.99. The first kappa shape index (κ1) is 18.1. The van der Waals surface area contributed by atoms with Crippen LogP contribution in [0.5, 0.6) is 0 Å². The highest BCUT2D eigenvalue weighted by atomic mass is 32.1. The number of amides is 2. The van der Waals surface area contributed by atoms with E-state index in [9.17, 15) is 14.4 Å². The molecular weight excluding hydrogens is 352 g/mol. The van der Waals surface area contributed by atoms with Gasteiger partial charge in [0.05, 0.1) is 12.1 Å². The topological polar surface area (TPSA) is 75.7 Å². The van der Waals surface area contributed by atoms with Gasteiger partial charge in [0, 0.05) is 24.4 Å². The number of esters is 1. The van der Waals surface area contributed by atoms with Gasteiger partial charge in [0.1, 0.15) is 0 Å². The molecule has 7 heteroatoms. The number of likely N-dealkylation sites (tertiary alicyclic amines) is 1. The lowest BCUT2D eigenvalue weighted by Crippen LogP contribution is -2.28. The van der Waals surface area contributed by atoms with E-state index in [1.165, 1.54) is 0 Å². The highest BCUT2D eigenvalue weighted by Crippen LogP contribution is 2.15. The number of thiophene rings is 1. The van der Waals surface area contributed by atoms with Crippen molar-refractivity contribution in [3.05, 3.63) is 57.8 Å². The number of ether oxygens (including phenoxy) is 1. The van der Waals surface area contributed by atoms with Gasteiger partial charge < -0.3 is 15.0 Å². The Morgan fingerprint density at radius 2 is 2.00 bits per heavy atom. The van der Waals surface area contributed by atoms with Crippen LogP contribution < -0.4 is 5.32 Å². The SMILES string of the molecule is O=C(COC(=O)c1ccc(CN2CCCC2=O)cc1)NCc1cccs1. The molecule has 0 spiro atoms. The summed E-state index contributed by atoms with van der Waals surface area (Å²) in [5.41, 5.74) is 1.35. The zero-order valence-corrected chi connectivity index (χ0v) is 15.1. The van der Waals surface area contributed by atoms with Gasteiger partial charge in [-0.1, -0.05) is 18.2 Å². The molecule has 1 aromatic heterocycles. The smallest absolute Gasteiger partial charge is 0.338 e. The fourth-order valence-electron chi connectivity index (χ4n) is 2.70. The number of nitrogens with one attached hydrogen (secondary N) is 1. The van der Waals surface area contributed by atoms with Gasteiger partial charge in [-0.25, -0.2) is 4.79 Å². The summed E-state index contributed by atoms with van der Waals surface area (Å²) in [6.07, 6.45) is 1.51. The summed E-state index contributed by atoms with van der Waals surface area (Å²) < 4.78 is 5.04. The van der Waals surface area contributed by atoms with E-state index in [1.807, 2.05) is 22.4 Å². The van der Waals surface area contributed by atoms with Crippen molar-refractivity contribution in [1.82, 2.24) is 10.2 Å². The van der Waals surface area contributed by atoms with Crippen LogP contribution in [-0.4, -0.2) is 35.8 Å². The number of hydrogen-bond acceptors (Lipinski definition) is 5. The molecule has 0 aliphatic carbocycles. The number of carbonyl (C=O) groups is 3. The zero-order chi connectivity index (χ0) is 18.4. The van der Waals surface area contributed by atoms with Crippen LogP contribution in [0.2, 0.25) is 0 Å². The fraction of sp³-hybridized carbons (Fsp3) is 0.316. The van der Waals surface area contributed by atoms with Gasteiger partial charge >= 0.3 is 5.97 Å². The van der Waals surface area contributed by atoms with Gasteiger partial charge in [-0.05, 0) is 35.6 Å². The molecule has 1 N–H and O–H groups in total. The molecule has 2 heterocycles. The molecule has 1 saturated heterocycles. The maximum Gasteiger partial charge on any atom is 0.338 e. The average molecular weight is 372 g/mol. The number of carbonyl (C=O) groups excluding carboxylic acids is 3. The van der Waals surface area contributed by atoms with Crippen molar-refractivity contribution in [3.8, 4) is 0 Å². The van der Waals surface area contributed by atoms with Crippen LogP contribution in [0, 0.1) is 0 Å². The van der Waals surface area contributed by atoms with Crippen molar-refractivity contribution < 1.29 is 19.1 Å². The molecule has 0 bridgehead atoms. The van der Waals surface area contributed by atoms with Crippen molar-refractivity contribution in [1.29, 1.82) is 0 Å². The summed E-state index contributed by atoms with van der Waals surface area (Å²) in [7, 11) is 0. The lowest BCUT2D eigenvalue weighted by molar-refractivity contribution is -0.128. The minimum atomic E-state index is -0.542. The molecule has 1 aromatic carbocycles. The van der Waals surface area contributed by atoms with Gasteiger partial charge in [0.15, 0.2) is 6.61 Å². The highest BCUT2D eigenvalue weighted by molar-refractivity contribution is 7.09. The predicted octanol–water partition coefficient (Wildman–Crippen LogP) is 2.34. The molecule has 0 radical (unpaired) electrons. The minimum absolute atomic E-state index is 0.169. The van der Waals surface area contributed by atoms with Crippen LogP contribution in [0.3, 0.4) is 0 Å². The van der Waals surface area contributed by atoms with Gasteiger partial charge in [-0.2, -0.15) is 0 Å². The number of benzene rings is 1. The van der Waals surface area contributed by atoms with Crippen LogP contribution in [0.15, 0.2) is 41.8 Å². The van der Waals surface area contributed by atoms with Crippen LogP contribution in [0.4, 0.5) is 0 Å². The van der Waals surface area contributed by atoms with Gasteiger partial charge in [0.2, 0.25) is 5.91 Å². The van der Waals surface area contributed by atoms with E-state index in [0.29, 0.717) is 25.1 Å². The summed E-state index contributed by atoms with van der Waals surface area (Å²) in [6, 6.07) is 10.8. The monoisotopic (exact) mass is 372 g/mol. The van der Waals surface area contributed by atoms with Crippen molar-refractivity contribution in [2.45, 2.75) is 25.9 Å². The Bertz CT molecular complexity index is 771. The van der Waals surface area contributed by atoms with Crippen LogP contribution in [0.25, 0.3) is 0 Å². The predicted molar refractivity (Wildman–Crippen MR) is 97.5 cm³/mol. The Hall–Kier alpha value is -2.67. The standard InChI is InChI=1S/C19H20N2O4S/c22-17(20-11-16-3-2-10-26-16)13-25-19(24)15-7-5-14(6-8-15)12-21-9-1-4-18(21)23/h2-3,5-8,10H,1,4,9,11-13H2,(H,20,22). The molecule has 0 atom stereocenters. The summed E-state index contributed by atoms with van der Waals surface area (Å²) in [5, 5.41) is 4.64. The molecule has 2 amide bonds. The molecule has 0 saturated carbocycles. The second-order valence-electron chi connectivity index (χ2n) is 6.05. The molecule has 0 unspecified atom stereocenters. The van der Waals surface area contributed by atoms with Crippen LogP contribution in [-0.2, 0) is 27.4 Å². The third kappa shape index (κ3) is 4.92. The summed E-state index contributed by atoms with van der Waals surface area (Å²) in [6.45, 7) is 1.45. The van der Waals surface area contributed by atoms with Crippen LogP contribution in [0.1, 0.15) is 33.6 Å². The van der Waals surface area contributed by atoms with Crippen LogP contribution >= 0.6 is 11.3 Å². The van der Waals surface area contributed by atoms with E-state index in [0.717, 1.165) is 23.4 Å². The maximum absolute atomic E-state index is 12.0. The lowest BCUT2D eigenvalue weighted by atomic mass is 10.1. The normalized spacial score (nSPS) is 13.7. The van der Waals surface area contributed by atoms with Gasteiger partial charge in [-0.3, -0.25) is 9.59 Å². The molecule has 1 aliphatic heterocycles. The lowest BCUT2D eigenvalue weighted by Gasteiger charge is -2.15. The summed E-state index contributed by atoms with van der Waals surface area (Å²) >= 11 is 1.55. The summed E-state index contributed by atoms with van der Waals surface area (Å²) in [4.78, 5) is 38.3. The van der Waals surface area contributed by atoms with E-state index in [2.05, 4.69) is 5.32 Å². The molecule has 26 heavy (non-hydrogen) atoms. The Balaban J connectivity index is 1.44. The van der Waals surface area contributed by atoms with E-state index >= 15 is 0 Å². The van der Waals surface area contributed by atoms with E-state index in [-0.39, 0.29) is 18.4 Å². The van der Waals surface area contributed by atoms with Crippen molar-refractivity contribution in [3.63, 3.8) is 0 Å². The first-order valence-corrected chi connectivity index (χ1v) is 9.33. The molecule has 1 aliphatic rings. The van der Waals surface area contributed by atoms with Gasteiger partial charge in [-0.15, -0.1) is 11.3 Å². The molecule has 136 valence electrons. The number of hydrogen-bond donors (Lipinski definition) is 1. The average Bonchev–Trinajstić information content (AvgIpc) is 3.31. The third-order valence-electron chi connectivity index (χ3n) is 4.11. The largest absolute Gasteiger partial charge is 0.452 e. The van der Waals surface area contributed by atoms with Crippen molar-refractivity contribution >= 4 is 29.1 Å². The first-order chi connectivity index (χ1) is 12.6. The Morgan fingerprint density at radius 3 is 2.65 bits per heavy atom. The van der Waals surface area contributed by atoms with E-state index in [1.54, 1.807) is 35.6 Å². The molecule has 2 aromatic rings. The minimum Gasteiger partial charge on any atom is -0.452 e. The van der Waals surface area contributed by atoms with Gasteiger partial charge in [0.25, 0.3) is 5.91 Å². The molecule has 6 nitrogen and oxygen atoms in total. The first-order valence-electron chi connectivity index (χ1n) is 8.45. The Labute approximate surface area is 155 Å². The maximum atomic E-state index is 12.0. The number of rotatable bonds is 7. The Morgan fingerprint density at radius 1 is 1.19 bits per heavy atom. The molecular formula is C19H20N2O4S. The second kappa shape index (κ2) is 8.62. The van der Waals surface area contributed by atoms with E-state index < -0.39 is 5.97 Å². The highest BCUT2D eigenvalue weighted by Gasteiger charge is 2.20. The number of nitrogens with zero attached hydrogens (tertiary/aromatic N) is 1. The zero-order valence-electron chi connectivity index (χ0n) is 14.3. The Kier molecular flexibility index (Phi) is 6.01.